The van der Waals surface area contributed by atoms with Crippen molar-refractivity contribution in [3.63, 3.8) is 0 Å². The van der Waals surface area contributed by atoms with Crippen molar-refractivity contribution in [2.24, 2.45) is 10.9 Å². The number of benzene rings is 2. The van der Waals surface area contributed by atoms with E-state index in [1.54, 1.807) is 42.5 Å². The van der Waals surface area contributed by atoms with Gasteiger partial charge in [0.25, 0.3) is 0 Å². The first kappa shape index (κ1) is 22.0. The maximum atomic E-state index is 12.2. The second kappa shape index (κ2) is 9.88. The van der Waals surface area contributed by atoms with Crippen molar-refractivity contribution in [1.29, 1.82) is 0 Å². The molecule has 0 atom stereocenters. The van der Waals surface area contributed by atoms with Crippen molar-refractivity contribution in [2.75, 3.05) is 7.11 Å². The molecule has 2 N–H and O–H groups in total. The lowest BCUT2D eigenvalue weighted by Gasteiger charge is -2.07. The zero-order valence-corrected chi connectivity index (χ0v) is 18.6. The molecule has 0 radical (unpaired) electrons. The molecule has 30 heavy (non-hydrogen) atoms. The Balaban J connectivity index is 1.63. The van der Waals surface area contributed by atoms with E-state index in [1.165, 1.54) is 13.2 Å². The van der Waals surface area contributed by atoms with Crippen LogP contribution in [0.15, 0.2) is 62.6 Å². The molecular formula is C20H15BrCl2N2O5. The highest BCUT2D eigenvalue weighted by molar-refractivity contribution is 9.10. The van der Waals surface area contributed by atoms with Crippen LogP contribution in [0.5, 0.6) is 11.5 Å². The lowest BCUT2D eigenvalue weighted by molar-refractivity contribution is 0.0475. The summed E-state index contributed by atoms with van der Waals surface area (Å²) in [4.78, 5) is 17.0. The molecular weight excluding hydrogens is 499 g/mol. The highest BCUT2D eigenvalue weighted by Crippen LogP contribution is 2.28. The molecule has 0 aliphatic rings. The fourth-order valence-corrected chi connectivity index (χ4v) is 3.27. The Labute approximate surface area is 190 Å². The Morgan fingerprint density at radius 3 is 2.63 bits per heavy atom. The van der Waals surface area contributed by atoms with E-state index in [1.807, 2.05) is 0 Å². The van der Waals surface area contributed by atoms with Crippen molar-refractivity contribution in [3.8, 4) is 11.5 Å². The van der Waals surface area contributed by atoms with E-state index >= 15 is 0 Å². The Bertz CT molecular complexity index is 1100. The maximum Gasteiger partial charge on any atom is 0.400 e. The molecule has 1 heterocycles. The van der Waals surface area contributed by atoms with E-state index in [4.69, 9.17) is 47.7 Å². The van der Waals surface area contributed by atoms with Crippen LogP contribution in [0.1, 0.15) is 21.9 Å². The number of hydrogen-bond acceptors (Lipinski definition) is 6. The van der Waals surface area contributed by atoms with Gasteiger partial charge in [0.05, 0.1) is 17.7 Å². The second-order valence-corrected chi connectivity index (χ2v) is 7.59. The summed E-state index contributed by atoms with van der Waals surface area (Å²) in [6, 6.07) is 13.0. The minimum absolute atomic E-state index is 0.0647. The third-order valence-corrected chi connectivity index (χ3v) is 4.81. The quantitative estimate of drug-likeness (QED) is 0.196. The molecule has 1 aromatic heterocycles. The lowest BCUT2D eigenvalue weighted by atomic mass is 10.2. The fraction of sp³-hybridized carbons (Fsp3) is 0.100. The largest absolute Gasteiger partial charge is 0.496 e. The van der Waals surface area contributed by atoms with Gasteiger partial charge in [0.2, 0.25) is 5.76 Å². The first-order valence-corrected chi connectivity index (χ1v) is 9.97. The molecule has 0 amide bonds. The van der Waals surface area contributed by atoms with Gasteiger partial charge in [0.15, 0.2) is 5.84 Å². The third kappa shape index (κ3) is 5.47. The Kier molecular flexibility index (Phi) is 7.25. The van der Waals surface area contributed by atoms with Gasteiger partial charge in [-0.2, -0.15) is 0 Å². The minimum Gasteiger partial charge on any atom is -0.496 e. The van der Waals surface area contributed by atoms with Crippen molar-refractivity contribution >= 4 is 50.9 Å². The number of carbonyl (C=O) groups excluding carboxylic acids is 1. The van der Waals surface area contributed by atoms with Crippen molar-refractivity contribution in [3.05, 3.63) is 80.1 Å². The summed E-state index contributed by atoms with van der Waals surface area (Å²) < 4.78 is 17.0. The summed E-state index contributed by atoms with van der Waals surface area (Å²) in [5, 5.41) is 4.51. The molecule has 3 aromatic rings. The predicted octanol–water partition coefficient (Wildman–Crippen LogP) is 5.41. The summed E-state index contributed by atoms with van der Waals surface area (Å²) in [5.41, 5.74) is 6.26. The number of amidine groups is 1. The predicted molar refractivity (Wildman–Crippen MR) is 116 cm³/mol. The number of halogens is 3. The Hall–Kier alpha value is -2.68. The summed E-state index contributed by atoms with van der Waals surface area (Å²) in [7, 11) is 1.47. The number of oxime groups is 1. The molecule has 10 heteroatoms. The number of rotatable bonds is 7. The van der Waals surface area contributed by atoms with Crippen LogP contribution < -0.4 is 15.2 Å². The zero-order chi connectivity index (χ0) is 21.7. The number of furan rings is 1. The fourth-order valence-electron chi connectivity index (χ4n) is 2.37. The molecule has 2 aromatic carbocycles. The van der Waals surface area contributed by atoms with Crippen LogP contribution in [0.4, 0.5) is 0 Å². The molecule has 0 saturated carbocycles. The van der Waals surface area contributed by atoms with Gasteiger partial charge in [0, 0.05) is 9.50 Å². The van der Waals surface area contributed by atoms with Gasteiger partial charge in [-0.3, -0.25) is 0 Å². The normalized spacial score (nSPS) is 11.3. The topological polar surface area (TPSA) is 96.3 Å². The molecule has 0 fully saturated rings. The standard InChI is InChI=1S/C20H15BrCl2N2O5/c1-27-16-6-3-12(22)9-14(16)19(24)25-30-20(26)18-7-4-13(29-18)10-28-17-5-2-11(21)8-15(17)23/h2-9H,10H2,1H3,(H2,24,25). The number of methoxy groups -OCH3 is 1. The van der Waals surface area contributed by atoms with Gasteiger partial charge >= 0.3 is 5.97 Å². The maximum absolute atomic E-state index is 12.2. The number of ether oxygens (including phenoxy) is 2. The highest BCUT2D eigenvalue weighted by atomic mass is 79.9. The average molecular weight is 514 g/mol. The summed E-state index contributed by atoms with van der Waals surface area (Å²) >= 11 is 15.4. The molecule has 0 saturated heterocycles. The van der Waals surface area contributed by atoms with Crippen LogP contribution in [-0.4, -0.2) is 18.9 Å². The highest BCUT2D eigenvalue weighted by Gasteiger charge is 2.15. The third-order valence-electron chi connectivity index (χ3n) is 3.79. The average Bonchev–Trinajstić information content (AvgIpc) is 3.20. The number of carbonyl (C=O) groups is 1. The molecule has 156 valence electrons. The number of hydrogen-bond donors (Lipinski definition) is 1. The van der Waals surface area contributed by atoms with E-state index in [2.05, 4.69) is 21.1 Å². The van der Waals surface area contributed by atoms with E-state index in [0.717, 1.165) is 4.47 Å². The van der Waals surface area contributed by atoms with Crippen molar-refractivity contribution in [2.45, 2.75) is 6.61 Å². The number of nitrogens with zero attached hydrogens (tertiary/aromatic N) is 1. The first-order valence-electron chi connectivity index (χ1n) is 8.42. The van der Waals surface area contributed by atoms with Crippen molar-refractivity contribution < 1.29 is 23.5 Å². The van der Waals surface area contributed by atoms with Gasteiger partial charge in [0.1, 0.15) is 23.9 Å². The Morgan fingerprint density at radius 1 is 1.13 bits per heavy atom. The van der Waals surface area contributed by atoms with E-state index < -0.39 is 5.97 Å². The van der Waals surface area contributed by atoms with Crippen molar-refractivity contribution in [1.82, 2.24) is 0 Å². The van der Waals surface area contributed by atoms with E-state index in [0.29, 0.717) is 32.9 Å². The molecule has 0 aliphatic heterocycles. The van der Waals surface area contributed by atoms with Gasteiger partial charge in [-0.15, -0.1) is 0 Å². The minimum atomic E-state index is -0.827. The first-order chi connectivity index (χ1) is 14.4. The van der Waals surface area contributed by atoms with E-state index in [9.17, 15) is 4.79 Å². The van der Waals surface area contributed by atoms with Gasteiger partial charge < -0.3 is 24.5 Å². The van der Waals surface area contributed by atoms with Crippen LogP contribution in [0.2, 0.25) is 10.0 Å². The number of nitrogens with two attached hydrogens (primary N) is 1. The monoisotopic (exact) mass is 512 g/mol. The lowest BCUT2D eigenvalue weighted by Crippen LogP contribution is -2.16. The zero-order valence-electron chi connectivity index (χ0n) is 15.5. The summed E-state index contributed by atoms with van der Waals surface area (Å²) in [6.45, 7) is 0.0692. The van der Waals surface area contributed by atoms with Gasteiger partial charge in [-0.25, -0.2) is 4.79 Å². The van der Waals surface area contributed by atoms with Crippen LogP contribution in [0.25, 0.3) is 0 Å². The molecule has 0 bridgehead atoms. The van der Waals surface area contributed by atoms with Crippen LogP contribution in [-0.2, 0) is 11.4 Å². The second-order valence-electron chi connectivity index (χ2n) is 5.83. The smallest absolute Gasteiger partial charge is 0.400 e. The van der Waals surface area contributed by atoms with Crippen LogP contribution >= 0.6 is 39.1 Å². The molecule has 0 spiro atoms. The van der Waals surface area contributed by atoms with Gasteiger partial charge in [-0.1, -0.05) is 44.3 Å². The molecule has 0 unspecified atom stereocenters. The SMILES string of the molecule is COc1ccc(Cl)cc1/C(N)=N/OC(=O)c1ccc(COc2ccc(Br)cc2Cl)o1. The molecule has 0 aliphatic carbocycles. The van der Waals surface area contributed by atoms with Crippen LogP contribution in [0.3, 0.4) is 0 Å². The molecule has 3 rings (SSSR count). The Morgan fingerprint density at radius 2 is 1.90 bits per heavy atom. The molecule has 7 nitrogen and oxygen atoms in total. The summed E-state index contributed by atoms with van der Waals surface area (Å²) in [5.74, 6) is 0.336. The van der Waals surface area contributed by atoms with Gasteiger partial charge in [-0.05, 0) is 48.5 Å². The van der Waals surface area contributed by atoms with E-state index in [-0.39, 0.29) is 18.2 Å². The van der Waals surface area contributed by atoms with Crippen LogP contribution in [0, 0.1) is 0 Å². The summed E-state index contributed by atoms with van der Waals surface area (Å²) in [6.07, 6.45) is 0.